The van der Waals surface area contributed by atoms with E-state index in [4.69, 9.17) is 5.11 Å². The van der Waals surface area contributed by atoms with Crippen LogP contribution in [0.25, 0.3) is 0 Å². The van der Waals surface area contributed by atoms with Gasteiger partial charge in [-0.2, -0.15) is 8.42 Å². The van der Waals surface area contributed by atoms with Crippen LogP contribution in [0.5, 0.6) is 0 Å². The van der Waals surface area contributed by atoms with Gasteiger partial charge in [0, 0.05) is 18.4 Å². The van der Waals surface area contributed by atoms with E-state index in [0.29, 0.717) is 6.54 Å². The van der Waals surface area contributed by atoms with E-state index in [9.17, 15) is 13.2 Å². The summed E-state index contributed by atoms with van der Waals surface area (Å²) in [6.45, 7) is 2.47. The highest BCUT2D eigenvalue weighted by molar-refractivity contribution is 7.92. The summed E-state index contributed by atoms with van der Waals surface area (Å²) >= 11 is 0. The van der Waals surface area contributed by atoms with Crippen LogP contribution in [-0.2, 0) is 16.6 Å². The van der Waals surface area contributed by atoms with Crippen molar-refractivity contribution in [2.45, 2.75) is 18.5 Å². The van der Waals surface area contributed by atoms with Crippen LogP contribution in [0.15, 0.2) is 41.8 Å². The summed E-state index contributed by atoms with van der Waals surface area (Å²) in [4.78, 5) is 14.6. The fraction of sp³-hybridized carbons (Fsp3) is 0.167. The Bertz CT molecular complexity index is 737. The topological polar surface area (TPSA) is 101 Å². The molecule has 20 heavy (non-hydrogen) atoms. The van der Waals surface area contributed by atoms with Crippen molar-refractivity contribution < 1.29 is 18.3 Å². The first-order chi connectivity index (χ1) is 9.42. The molecular formula is C12H13N3O4S. The number of aryl methyl sites for hydroxylation is 1. The highest BCUT2D eigenvalue weighted by atomic mass is 32.2. The van der Waals surface area contributed by atoms with Crippen molar-refractivity contribution in [2.24, 2.45) is 0 Å². The summed E-state index contributed by atoms with van der Waals surface area (Å²) in [5, 5.41) is 8.76. The number of anilines is 1. The van der Waals surface area contributed by atoms with Crippen LogP contribution in [0.4, 0.5) is 5.69 Å². The van der Waals surface area contributed by atoms with Gasteiger partial charge in [-0.1, -0.05) is 6.07 Å². The largest absolute Gasteiger partial charge is 0.478 e. The quantitative estimate of drug-likeness (QED) is 0.868. The molecule has 2 rings (SSSR count). The number of benzene rings is 1. The molecular weight excluding hydrogens is 282 g/mol. The van der Waals surface area contributed by atoms with Crippen molar-refractivity contribution in [1.82, 2.24) is 9.55 Å². The average molecular weight is 295 g/mol. The molecule has 0 spiro atoms. The lowest BCUT2D eigenvalue weighted by Crippen LogP contribution is -2.13. The number of aromatic nitrogens is 2. The van der Waals surface area contributed by atoms with Crippen molar-refractivity contribution in [3.63, 3.8) is 0 Å². The number of carboxylic acids is 1. The predicted molar refractivity (Wildman–Crippen MR) is 72.1 cm³/mol. The molecule has 0 amide bonds. The van der Waals surface area contributed by atoms with E-state index in [1.165, 1.54) is 36.8 Å². The molecule has 0 aliphatic rings. The summed E-state index contributed by atoms with van der Waals surface area (Å²) in [7, 11) is -3.82. The van der Waals surface area contributed by atoms with Crippen LogP contribution in [0.2, 0.25) is 0 Å². The molecule has 0 radical (unpaired) electrons. The summed E-state index contributed by atoms with van der Waals surface area (Å²) in [6.07, 6.45) is 2.83. The Morgan fingerprint density at radius 1 is 1.45 bits per heavy atom. The summed E-state index contributed by atoms with van der Waals surface area (Å²) in [5.74, 6) is -1.12. The predicted octanol–water partition coefficient (Wildman–Crippen LogP) is 1.40. The van der Waals surface area contributed by atoms with E-state index in [1.807, 2.05) is 6.92 Å². The van der Waals surface area contributed by atoms with E-state index in [0.717, 1.165) is 0 Å². The highest BCUT2D eigenvalue weighted by Crippen LogP contribution is 2.16. The minimum Gasteiger partial charge on any atom is -0.478 e. The summed E-state index contributed by atoms with van der Waals surface area (Å²) in [6, 6.07) is 5.56. The Balaban J connectivity index is 2.28. The fourth-order valence-electron chi connectivity index (χ4n) is 1.57. The lowest BCUT2D eigenvalue weighted by Gasteiger charge is -2.06. The Kier molecular flexibility index (Phi) is 3.75. The summed E-state index contributed by atoms with van der Waals surface area (Å²) in [5.41, 5.74) is 0.181. The zero-order valence-corrected chi connectivity index (χ0v) is 11.5. The standard InChI is InChI=1S/C12H13N3O4S/c1-2-15-7-11(13-8-15)20(18,19)14-10-5-3-4-9(6-10)12(16)17/h3-8,14H,2H2,1H3,(H,16,17). The second kappa shape index (κ2) is 5.33. The van der Waals surface area contributed by atoms with Gasteiger partial charge >= 0.3 is 5.97 Å². The van der Waals surface area contributed by atoms with Gasteiger partial charge in [0.2, 0.25) is 0 Å². The van der Waals surface area contributed by atoms with Gasteiger partial charge in [-0.3, -0.25) is 4.72 Å². The van der Waals surface area contributed by atoms with Crippen LogP contribution in [0, 0.1) is 0 Å². The molecule has 8 heteroatoms. The molecule has 0 aliphatic carbocycles. The Labute approximate surface area is 115 Å². The molecule has 2 aromatic rings. The molecule has 106 valence electrons. The first-order valence-corrected chi connectivity index (χ1v) is 7.28. The maximum absolute atomic E-state index is 12.1. The molecule has 0 saturated carbocycles. The Hall–Kier alpha value is -2.35. The smallest absolute Gasteiger partial charge is 0.335 e. The van der Waals surface area contributed by atoms with Crippen molar-refractivity contribution in [2.75, 3.05) is 4.72 Å². The van der Waals surface area contributed by atoms with E-state index < -0.39 is 16.0 Å². The van der Waals surface area contributed by atoms with Crippen molar-refractivity contribution in [3.8, 4) is 0 Å². The zero-order valence-electron chi connectivity index (χ0n) is 10.6. The van der Waals surface area contributed by atoms with Crippen molar-refractivity contribution in [1.29, 1.82) is 0 Å². The molecule has 2 N–H and O–H groups in total. The third kappa shape index (κ3) is 2.97. The number of imidazole rings is 1. The Morgan fingerprint density at radius 2 is 2.20 bits per heavy atom. The molecule has 0 unspecified atom stereocenters. The third-order valence-electron chi connectivity index (χ3n) is 2.61. The normalized spacial score (nSPS) is 11.2. The van der Waals surface area contributed by atoms with E-state index in [-0.39, 0.29) is 16.3 Å². The van der Waals surface area contributed by atoms with Gasteiger partial charge in [0.25, 0.3) is 10.0 Å². The third-order valence-corrected chi connectivity index (χ3v) is 3.88. The van der Waals surface area contributed by atoms with Gasteiger partial charge in [0.15, 0.2) is 5.03 Å². The van der Waals surface area contributed by atoms with Gasteiger partial charge < -0.3 is 9.67 Å². The molecule has 1 aromatic heterocycles. The number of rotatable bonds is 5. The second-order valence-electron chi connectivity index (χ2n) is 4.03. The average Bonchev–Trinajstić information content (AvgIpc) is 2.88. The molecule has 7 nitrogen and oxygen atoms in total. The number of carboxylic acid groups (broad SMARTS) is 1. The maximum Gasteiger partial charge on any atom is 0.335 e. The first-order valence-electron chi connectivity index (χ1n) is 5.80. The van der Waals surface area contributed by atoms with Crippen LogP contribution < -0.4 is 4.72 Å². The second-order valence-corrected chi connectivity index (χ2v) is 5.66. The van der Waals surface area contributed by atoms with Gasteiger partial charge in [0.1, 0.15) is 0 Å². The minimum atomic E-state index is -3.82. The zero-order chi connectivity index (χ0) is 14.8. The number of carbonyl (C=O) groups is 1. The lowest BCUT2D eigenvalue weighted by atomic mass is 10.2. The number of hydrogen-bond acceptors (Lipinski definition) is 4. The van der Waals surface area contributed by atoms with Crippen molar-refractivity contribution in [3.05, 3.63) is 42.4 Å². The maximum atomic E-state index is 12.1. The molecule has 1 aromatic carbocycles. The van der Waals surface area contributed by atoms with Crippen LogP contribution >= 0.6 is 0 Å². The van der Waals surface area contributed by atoms with Gasteiger partial charge in [-0.15, -0.1) is 0 Å². The molecule has 0 saturated heterocycles. The monoisotopic (exact) mass is 295 g/mol. The lowest BCUT2D eigenvalue weighted by molar-refractivity contribution is 0.0697. The van der Waals surface area contributed by atoms with E-state index >= 15 is 0 Å². The van der Waals surface area contributed by atoms with Gasteiger partial charge in [-0.25, -0.2) is 9.78 Å². The molecule has 1 heterocycles. The number of nitrogens with one attached hydrogen (secondary N) is 1. The van der Waals surface area contributed by atoms with E-state index in [2.05, 4.69) is 9.71 Å². The molecule has 0 aliphatic heterocycles. The molecule has 0 bridgehead atoms. The first kappa shape index (κ1) is 14.1. The fourth-order valence-corrected chi connectivity index (χ4v) is 2.58. The number of nitrogens with zero attached hydrogens (tertiary/aromatic N) is 2. The van der Waals surface area contributed by atoms with E-state index in [1.54, 1.807) is 4.57 Å². The van der Waals surface area contributed by atoms with Crippen LogP contribution in [-0.4, -0.2) is 29.0 Å². The number of aromatic carboxylic acids is 1. The van der Waals surface area contributed by atoms with Gasteiger partial charge in [0.05, 0.1) is 11.9 Å². The van der Waals surface area contributed by atoms with Gasteiger partial charge in [-0.05, 0) is 25.1 Å². The molecule has 0 fully saturated rings. The number of sulfonamides is 1. The Morgan fingerprint density at radius 3 is 2.80 bits per heavy atom. The number of hydrogen-bond donors (Lipinski definition) is 2. The van der Waals surface area contributed by atoms with Crippen molar-refractivity contribution >= 4 is 21.7 Å². The molecule has 0 atom stereocenters. The van der Waals surface area contributed by atoms with Crippen LogP contribution in [0.1, 0.15) is 17.3 Å². The highest BCUT2D eigenvalue weighted by Gasteiger charge is 2.17. The summed E-state index contributed by atoms with van der Waals surface area (Å²) < 4.78 is 28.1. The minimum absolute atomic E-state index is 0.00397. The van der Waals surface area contributed by atoms with Crippen LogP contribution in [0.3, 0.4) is 0 Å². The SMILES string of the molecule is CCn1cnc(S(=O)(=O)Nc2cccc(C(=O)O)c2)c1.